The van der Waals surface area contributed by atoms with Gasteiger partial charge in [-0.1, -0.05) is 6.92 Å². The second-order valence-electron chi connectivity index (χ2n) is 5.86. The van der Waals surface area contributed by atoms with Crippen LogP contribution in [0.15, 0.2) is 36.5 Å². The van der Waals surface area contributed by atoms with Gasteiger partial charge in [0.1, 0.15) is 11.5 Å². The number of carbonyl (C=O) groups excluding carboxylic acids is 1. The Kier molecular flexibility index (Phi) is 6.19. The minimum Gasteiger partial charge on any atom is -0.489 e. The first-order valence-electron chi connectivity index (χ1n) is 8.15. The average molecular weight is 344 g/mol. The third kappa shape index (κ3) is 5.36. The smallest absolute Gasteiger partial charge is 0.241 e. The van der Waals surface area contributed by atoms with Gasteiger partial charge in [-0.2, -0.15) is 0 Å². The molecular weight excluding hydrogens is 320 g/mol. The van der Waals surface area contributed by atoms with E-state index < -0.39 is 6.04 Å². The van der Waals surface area contributed by atoms with Gasteiger partial charge in [-0.05, 0) is 38.5 Å². The maximum absolute atomic E-state index is 11.8. The van der Waals surface area contributed by atoms with Crippen LogP contribution in [0, 0.1) is 0 Å². The summed E-state index contributed by atoms with van der Waals surface area (Å²) >= 11 is 0. The molecule has 1 aromatic carbocycles. The summed E-state index contributed by atoms with van der Waals surface area (Å²) in [6.45, 7) is 5.70. The van der Waals surface area contributed by atoms with Crippen LogP contribution in [-0.4, -0.2) is 23.0 Å². The lowest BCUT2D eigenvalue weighted by molar-refractivity contribution is -0.117. The third-order valence-corrected chi connectivity index (χ3v) is 3.35. The second kappa shape index (κ2) is 8.34. The SMILES string of the molecule is CC[C@@H](N)C(=O)Nc1ccc(Oc2ccc(N)c(OC(C)C)c2)nc1. The van der Waals surface area contributed by atoms with Crippen LogP contribution in [0.4, 0.5) is 11.4 Å². The van der Waals surface area contributed by atoms with E-state index in [0.717, 1.165) is 0 Å². The van der Waals surface area contributed by atoms with Crippen molar-refractivity contribution < 1.29 is 14.3 Å². The Bertz CT molecular complexity index is 717. The van der Waals surface area contributed by atoms with Crippen molar-refractivity contribution in [3.63, 3.8) is 0 Å². The van der Waals surface area contributed by atoms with Crippen molar-refractivity contribution in [2.45, 2.75) is 39.3 Å². The summed E-state index contributed by atoms with van der Waals surface area (Å²) in [5.74, 6) is 1.26. The zero-order valence-electron chi connectivity index (χ0n) is 14.7. The molecule has 0 saturated heterocycles. The van der Waals surface area contributed by atoms with Crippen molar-refractivity contribution in [3.8, 4) is 17.4 Å². The molecule has 0 saturated carbocycles. The summed E-state index contributed by atoms with van der Waals surface area (Å²) in [6.07, 6.45) is 2.09. The molecule has 0 spiro atoms. The van der Waals surface area contributed by atoms with Gasteiger partial charge in [0, 0.05) is 12.1 Å². The van der Waals surface area contributed by atoms with Crippen LogP contribution < -0.4 is 26.3 Å². The minimum absolute atomic E-state index is 0.00746. The number of nitrogen functional groups attached to an aromatic ring is 1. The van der Waals surface area contributed by atoms with Gasteiger partial charge in [-0.25, -0.2) is 4.98 Å². The first-order chi connectivity index (χ1) is 11.9. The largest absolute Gasteiger partial charge is 0.489 e. The maximum Gasteiger partial charge on any atom is 0.241 e. The number of rotatable bonds is 7. The van der Waals surface area contributed by atoms with E-state index in [4.69, 9.17) is 20.9 Å². The van der Waals surface area contributed by atoms with Crippen LogP contribution >= 0.6 is 0 Å². The van der Waals surface area contributed by atoms with Gasteiger partial charge >= 0.3 is 0 Å². The molecule has 2 rings (SSSR count). The lowest BCUT2D eigenvalue weighted by Gasteiger charge is -2.14. The predicted molar refractivity (Wildman–Crippen MR) is 97.8 cm³/mol. The molecule has 0 bridgehead atoms. The summed E-state index contributed by atoms with van der Waals surface area (Å²) in [7, 11) is 0. The number of nitrogens with zero attached hydrogens (tertiary/aromatic N) is 1. The van der Waals surface area contributed by atoms with Crippen LogP contribution in [0.2, 0.25) is 0 Å². The molecule has 1 heterocycles. The average Bonchev–Trinajstić information content (AvgIpc) is 2.58. The highest BCUT2D eigenvalue weighted by atomic mass is 16.5. The van der Waals surface area contributed by atoms with E-state index in [1.165, 1.54) is 6.20 Å². The summed E-state index contributed by atoms with van der Waals surface area (Å²) < 4.78 is 11.3. The van der Waals surface area contributed by atoms with Gasteiger partial charge in [-0.3, -0.25) is 4.79 Å². The summed E-state index contributed by atoms with van der Waals surface area (Å²) in [6, 6.07) is 7.99. The lowest BCUT2D eigenvalue weighted by Crippen LogP contribution is -2.34. The van der Waals surface area contributed by atoms with Gasteiger partial charge in [0.15, 0.2) is 0 Å². The zero-order chi connectivity index (χ0) is 18.4. The number of aromatic nitrogens is 1. The number of nitrogens with one attached hydrogen (secondary N) is 1. The Labute approximate surface area is 147 Å². The molecule has 2 aromatic rings. The molecule has 0 aliphatic rings. The van der Waals surface area contributed by atoms with Gasteiger partial charge < -0.3 is 26.3 Å². The molecule has 0 aliphatic heterocycles. The van der Waals surface area contributed by atoms with Crippen LogP contribution in [0.1, 0.15) is 27.2 Å². The quantitative estimate of drug-likeness (QED) is 0.666. The number of hydrogen-bond acceptors (Lipinski definition) is 6. The van der Waals surface area contributed by atoms with Crippen LogP contribution in [0.5, 0.6) is 17.4 Å². The predicted octanol–water partition coefficient (Wildman–Crippen LogP) is 2.92. The molecule has 0 radical (unpaired) electrons. The lowest BCUT2D eigenvalue weighted by atomic mass is 10.2. The van der Waals surface area contributed by atoms with E-state index in [9.17, 15) is 4.79 Å². The zero-order valence-corrected chi connectivity index (χ0v) is 14.7. The van der Waals surface area contributed by atoms with Crippen molar-refractivity contribution in [1.82, 2.24) is 4.98 Å². The van der Waals surface area contributed by atoms with Crippen molar-refractivity contribution >= 4 is 17.3 Å². The highest BCUT2D eigenvalue weighted by Gasteiger charge is 2.11. The molecular formula is C18H24N4O3. The Morgan fingerprint density at radius 2 is 2.04 bits per heavy atom. The van der Waals surface area contributed by atoms with Gasteiger partial charge in [0.2, 0.25) is 11.8 Å². The van der Waals surface area contributed by atoms with E-state index >= 15 is 0 Å². The van der Waals surface area contributed by atoms with E-state index in [0.29, 0.717) is 35.2 Å². The summed E-state index contributed by atoms with van der Waals surface area (Å²) in [4.78, 5) is 15.9. The first kappa shape index (κ1) is 18.5. The van der Waals surface area contributed by atoms with E-state index in [1.807, 2.05) is 20.8 Å². The second-order valence-corrected chi connectivity index (χ2v) is 5.86. The normalized spacial score (nSPS) is 11.9. The molecule has 25 heavy (non-hydrogen) atoms. The fourth-order valence-electron chi connectivity index (χ4n) is 1.99. The van der Waals surface area contributed by atoms with Crippen molar-refractivity contribution in [2.75, 3.05) is 11.1 Å². The summed E-state index contributed by atoms with van der Waals surface area (Å²) in [5.41, 5.74) is 12.7. The van der Waals surface area contributed by atoms with Crippen LogP contribution in [0.25, 0.3) is 0 Å². The van der Waals surface area contributed by atoms with Crippen molar-refractivity contribution in [3.05, 3.63) is 36.5 Å². The molecule has 7 nitrogen and oxygen atoms in total. The van der Waals surface area contributed by atoms with Gasteiger partial charge in [0.25, 0.3) is 0 Å². The molecule has 0 unspecified atom stereocenters. The Balaban J connectivity index is 2.05. The number of hydrogen-bond donors (Lipinski definition) is 3. The fraction of sp³-hybridized carbons (Fsp3) is 0.333. The topological polar surface area (TPSA) is 112 Å². The Hall–Kier alpha value is -2.80. The number of amides is 1. The van der Waals surface area contributed by atoms with E-state index in [1.54, 1.807) is 30.3 Å². The van der Waals surface area contributed by atoms with Gasteiger partial charge in [-0.15, -0.1) is 0 Å². The van der Waals surface area contributed by atoms with Crippen LogP contribution in [0.3, 0.4) is 0 Å². The number of benzene rings is 1. The molecule has 7 heteroatoms. The minimum atomic E-state index is -0.537. The maximum atomic E-state index is 11.8. The van der Waals surface area contributed by atoms with Gasteiger partial charge in [0.05, 0.1) is 29.7 Å². The number of pyridine rings is 1. The molecule has 5 N–H and O–H groups in total. The standard InChI is InChI=1S/C18H24N4O3/c1-4-14(19)18(23)22-12-5-8-17(21-10-12)25-13-6-7-15(20)16(9-13)24-11(2)3/h5-11,14H,4,19-20H2,1-3H3,(H,22,23)/t14-/m1/s1. The van der Waals surface area contributed by atoms with Crippen LogP contribution in [-0.2, 0) is 4.79 Å². The molecule has 134 valence electrons. The molecule has 0 fully saturated rings. The highest BCUT2D eigenvalue weighted by molar-refractivity contribution is 5.94. The highest BCUT2D eigenvalue weighted by Crippen LogP contribution is 2.30. The Morgan fingerprint density at radius 1 is 1.28 bits per heavy atom. The van der Waals surface area contributed by atoms with E-state index in [2.05, 4.69) is 10.3 Å². The third-order valence-electron chi connectivity index (χ3n) is 3.35. The summed E-state index contributed by atoms with van der Waals surface area (Å²) in [5, 5.41) is 2.70. The monoisotopic (exact) mass is 344 g/mol. The fourth-order valence-corrected chi connectivity index (χ4v) is 1.99. The van der Waals surface area contributed by atoms with E-state index in [-0.39, 0.29) is 12.0 Å². The molecule has 1 aromatic heterocycles. The number of ether oxygens (including phenoxy) is 2. The van der Waals surface area contributed by atoms with Crippen molar-refractivity contribution in [1.29, 1.82) is 0 Å². The number of carbonyl (C=O) groups is 1. The Morgan fingerprint density at radius 3 is 2.64 bits per heavy atom. The number of nitrogens with two attached hydrogens (primary N) is 2. The molecule has 0 aliphatic carbocycles. The molecule has 1 atom stereocenters. The molecule has 1 amide bonds. The van der Waals surface area contributed by atoms with Crippen molar-refractivity contribution in [2.24, 2.45) is 5.73 Å². The first-order valence-corrected chi connectivity index (χ1v) is 8.15. The number of anilines is 2.